The van der Waals surface area contributed by atoms with Gasteiger partial charge in [0.1, 0.15) is 0 Å². The van der Waals surface area contributed by atoms with E-state index in [1.807, 2.05) is 17.8 Å². The molecule has 0 saturated heterocycles. The molecule has 1 aromatic heterocycles. The Morgan fingerprint density at radius 2 is 2.18 bits per heavy atom. The molecule has 1 heterocycles. The zero-order valence-corrected chi connectivity index (χ0v) is 11.0. The highest BCUT2D eigenvalue weighted by molar-refractivity contribution is 7.99. The molecular weight excluding hydrogens is 230 g/mol. The van der Waals surface area contributed by atoms with Crippen molar-refractivity contribution in [3.63, 3.8) is 0 Å². The van der Waals surface area contributed by atoms with Crippen LogP contribution in [0.25, 0.3) is 10.9 Å². The van der Waals surface area contributed by atoms with Crippen molar-refractivity contribution in [1.29, 1.82) is 0 Å². The lowest BCUT2D eigenvalue weighted by atomic mass is 10.2. The lowest BCUT2D eigenvalue weighted by molar-refractivity contribution is 0.282. The van der Waals surface area contributed by atoms with Crippen molar-refractivity contribution < 1.29 is 5.11 Å². The molecule has 0 aliphatic carbocycles. The third-order valence-corrected chi connectivity index (χ3v) is 3.90. The van der Waals surface area contributed by atoms with E-state index in [1.54, 1.807) is 0 Å². The molecule has 0 fully saturated rings. The van der Waals surface area contributed by atoms with Crippen molar-refractivity contribution in [1.82, 2.24) is 4.57 Å². The van der Waals surface area contributed by atoms with E-state index in [2.05, 4.69) is 35.9 Å². The van der Waals surface area contributed by atoms with Gasteiger partial charge in [0.25, 0.3) is 0 Å². The molecule has 1 N–H and O–H groups in total. The van der Waals surface area contributed by atoms with Gasteiger partial charge in [0.15, 0.2) is 0 Å². The third kappa shape index (κ3) is 3.05. The van der Waals surface area contributed by atoms with Crippen molar-refractivity contribution in [2.75, 3.05) is 11.5 Å². The molecule has 0 spiro atoms. The number of aryl methyl sites for hydroxylation is 1. The lowest BCUT2D eigenvalue weighted by Crippen LogP contribution is -1.98. The maximum atomic E-state index is 9.16. The van der Waals surface area contributed by atoms with Crippen molar-refractivity contribution in [2.24, 2.45) is 0 Å². The first kappa shape index (κ1) is 12.5. The van der Waals surface area contributed by atoms with E-state index in [-0.39, 0.29) is 6.61 Å². The number of nitrogens with zero attached hydrogens (tertiary/aromatic N) is 1. The van der Waals surface area contributed by atoms with Crippen LogP contribution in [0, 0.1) is 0 Å². The average Bonchev–Trinajstić information content (AvgIpc) is 2.77. The van der Waals surface area contributed by atoms with Crippen molar-refractivity contribution in [3.05, 3.63) is 36.0 Å². The Balaban J connectivity index is 2.11. The maximum Gasteiger partial charge on any atom is 0.0682 e. The average molecular weight is 249 g/mol. The van der Waals surface area contributed by atoms with Crippen LogP contribution in [0.15, 0.2) is 30.5 Å². The third-order valence-electron chi connectivity index (χ3n) is 2.91. The largest absolute Gasteiger partial charge is 0.392 e. The molecule has 2 rings (SSSR count). The van der Waals surface area contributed by atoms with Crippen LogP contribution in [0.3, 0.4) is 0 Å². The van der Waals surface area contributed by atoms with Gasteiger partial charge in [-0.2, -0.15) is 11.8 Å². The summed E-state index contributed by atoms with van der Waals surface area (Å²) in [5, 5.41) is 10.4. The van der Waals surface area contributed by atoms with E-state index in [1.165, 1.54) is 28.8 Å². The summed E-state index contributed by atoms with van der Waals surface area (Å²) in [6.07, 6.45) is 3.34. The quantitative estimate of drug-likeness (QED) is 0.795. The second-order valence-electron chi connectivity index (χ2n) is 4.11. The van der Waals surface area contributed by atoms with E-state index in [4.69, 9.17) is 5.11 Å². The first-order chi connectivity index (χ1) is 8.35. The van der Waals surface area contributed by atoms with Crippen LogP contribution in [0.1, 0.15) is 18.9 Å². The fraction of sp³-hybridized carbons (Fsp3) is 0.429. The molecule has 0 radical (unpaired) electrons. The molecule has 2 aromatic rings. The smallest absolute Gasteiger partial charge is 0.0682 e. The Labute approximate surface area is 107 Å². The summed E-state index contributed by atoms with van der Waals surface area (Å²) in [6.45, 7) is 3.38. The SMILES string of the molecule is CCSCCCn1ccc2ccc(CO)cc21. The predicted molar refractivity (Wildman–Crippen MR) is 75.5 cm³/mol. The normalized spacial score (nSPS) is 11.2. The van der Waals surface area contributed by atoms with Crippen LogP contribution in [-0.4, -0.2) is 21.2 Å². The molecule has 0 atom stereocenters. The van der Waals surface area contributed by atoms with Crippen LogP contribution >= 0.6 is 11.8 Å². The zero-order chi connectivity index (χ0) is 12.1. The summed E-state index contributed by atoms with van der Waals surface area (Å²) < 4.78 is 2.28. The number of rotatable bonds is 6. The van der Waals surface area contributed by atoms with Gasteiger partial charge in [-0.15, -0.1) is 0 Å². The fourth-order valence-electron chi connectivity index (χ4n) is 2.00. The number of hydrogen-bond acceptors (Lipinski definition) is 2. The van der Waals surface area contributed by atoms with Gasteiger partial charge in [0.05, 0.1) is 6.61 Å². The predicted octanol–water partition coefficient (Wildman–Crippen LogP) is 3.28. The minimum absolute atomic E-state index is 0.118. The van der Waals surface area contributed by atoms with Gasteiger partial charge in [-0.1, -0.05) is 19.1 Å². The molecule has 17 heavy (non-hydrogen) atoms. The molecule has 2 nitrogen and oxygen atoms in total. The van der Waals surface area contributed by atoms with Crippen LogP contribution < -0.4 is 0 Å². The summed E-state index contributed by atoms with van der Waals surface area (Å²) in [5.41, 5.74) is 2.22. The van der Waals surface area contributed by atoms with Crippen LogP contribution in [0.4, 0.5) is 0 Å². The number of aromatic nitrogens is 1. The van der Waals surface area contributed by atoms with Gasteiger partial charge in [0, 0.05) is 18.3 Å². The topological polar surface area (TPSA) is 25.2 Å². The van der Waals surface area contributed by atoms with E-state index >= 15 is 0 Å². The molecule has 3 heteroatoms. The molecule has 0 aliphatic heterocycles. The summed E-state index contributed by atoms with van der Waals surface area (Å²) >= 11 is 1.99. The van der Waals surface area contributed by atoms with Crippen LogP contribution in [-0.2, 0) is 13.2 Å². The van der Waals surface area contributed by atoms with Gasteiger partial charge < -0.3 is 9.67 Å². The van der Waals surface area contributed by atoms with E-state index in [9.17, 15) is 0 Å². The van der Waals surface area contributed by atoms with Gasteiger partial charge in [0.2, 0.25) is 0 Å². The first-order valence-electron chi connectivity index (χ1n) is 6.11. The molecule has 0 saturated carbocycles. The molecule has 0 unspecified atom stereocenters. The Morgan fingerprint density at radius 3 is 2.94 bits per heavy atom. The second kappa shape index (κ2) is 6.12. The van der Waals surface area contributed by atoms with Gasteiger partial charge >= 0.3 is 0 Å². The Hall–Kier alpha value is -0.930. The number of hydrogen-bond donors (Lipinski definition) is 1. The highest BCUT2D eigenvalue weighted by atomic mass is 32.2. The van der Waals surface area contributed by atoms with Gasteiger partial charge in [-0.3, -0.25) is 0 Å². The molecule has 1 aromatic carbocycles. The fourth-order valence-corrected chi connectivity index (χ4v) is 2.63. The van der Waals surface area contributed by atoms with Crippen molar-refractivity contribution in [3.8, 4) is 0 Å². The van der Waals surface area contributed by atoms with Crippen molar-refractivity contribution >= 4 is 22.7 Å². The Kier molecular flexibility index (Phi) is 4.51. The number of fused-ring (bicyclic) bond motifs is 1. The molecule has 92 valence electrons. The molecule has 0 bridgehead atoms. The van der Waals surface area contributed by atoms with E-state index in [0.717, 1.165) is 12.1 Å². The first-order valence-corrected chi connectivity index (χ1v) is 7.27. The lowest BCUT2D eigenvalue weighted by Gasteiger charge is -2.06. The standard InChI is InChI=1S/C14H19NOS/c1-2-17-9-3-7-15-8-6-13-5-4-12(11-16)10-14(13)15/h4-6,8,10,16H,2-3,7,9,11H2,1H3. The second-order valence-corrected chi connectivity index (χ2v) is 5.50. The Bertz CT molecular complexity index is 478. The van der Waals surface area contributed by atoms with E-state index in [0.29, 0.717) is 0 Å². The minimum Gasteiger partial charge on any atom is -0.392 e. The van der Waals surface area contributed by atoms with Gasteiger partial charge in [-0.25, -0.2) is 0 Å². The highest BCUT2D eigenvalue weighted by Gasteiger charge is 2.01. The van der Waals surface area contributed by atoms with Gasteiger partial charge in [-0.05, 0) is 41.0 Å². The molecular formula is C14H19NOS. The summed E-state index contributed by atoms with van der Waals surface area (Å²) in [5.74, 6) is 2.41. The Morgan fingerprint density at radius 1 is 1.29 bits per heavy atom. The molecule has 0 aliphatic rings. The number of thioether (sulfide) groups is 1. The van der Waals surface area contributed by atoms with Crippen LogP contribution in [0.5, 0.6) is 0 Å². The number of aliphatic hydroxyl groups excluding tert-OH is 1. The summed E-state index contributed by atoms with van der Waals surface area (Å²) in [4.78, 5) is 0. The van der Waals surface area contributed by atoms with E-state index < -0.39 is 0 Å². The monoisotopic (exact) mass is 249 g/mol. The maximum absolute atomic E-state index is 9.16. The number of benzene rings is 1. The summed E-state index contributed by atoms with van der Waals surface area (Å²) in [7, 11) is 0. The van der Waals surface area contributed by atoms with Crippen LogP contribution in [0.2, 0.25) is 0 Å². The summed E-state index contributed by atoms with van der Waals surface area (Å²) in [6, 6.07) is 8.30. The molecule has 0 amide bonds. The zero-order valence-electron chi connectivity index (χ0n) is 10.2. The highest BCUT2D eigenvalue weighted by Crippen LogP contribution is 2.18. The number of aliphatic hydroxyl groups is 1. The van der Waals surface area contributed by atoms with Crippen molar-refractivity contribution in [2.45, 2.75) is 26.5 Å². The minimum atomic E-state index is 0.118.